The van der Waals surface area contributed by atoms with Gasteiger partial charge in [-0.1, -0.05) is 6.07 Å². The number of aryl methyl sites for hydroxylation is 1. The minimum absolute atomic E-state index is 0.0425. The molecule has 2 aliphatic rings. The van der Waals surface area contributed by atoms with Crippen molar-refractivity contribution in [3.63, 3.8) is 0 Å². The fourth-order valence-corrected chi connectivity index (χ4v) is 2.77. The van der Waals surface area contributed by atoms with E-state index in [9.17, 15) is 10.1 Å². The van der Waals surface area contributed by atoms with Gasteiger partial charge in [0.1, 0.15) is 5.82 Å². The van der Waals surface area contributed by atoms with E-state index in [4.69, 9.17) is 4.74 Å². The fourth-order valence-electron chi connectivity index (χ4n) is 2.77. The van der Waals surface area contributed by atoms with E-state index in [2.05, 4.69) is 16.4 Å². The second kappa shape index (κ2) is 4.77. The van der Waals surface area contributed by atoms with Crippen LogP contribution in [0.15, 0.2) is 12.1 Å². The van der Waals surface area contributed by atoms with Crippen molar-refractivity contribution in [3.8, 4) is 0 Å². The Morgan fingerprint density at radius 2 is 2.32 bits per heavy atom. The van der Waals surface area contributed by atoms with Crippen LogP contribution in [-0.2, 0) is 17.6 Å². The monoisotopic (exact) mass is 263 g/mol. The van der Waals surface area contributed by atoms with E-state index >= 15 is 0 Å². The smallest absolute Gasteiger partial charge is 0.214 e. The Balaban J connectivity index is 1.77. The second-order valence-electron chi connectivity index (χ2n) is 5.50. The number of rotatable bonds is 4. The van der Waals surface area contributed by atoms with Gasteiger partial charge in [0.2, 0.25) is 6.54 Å². The van der Waals surface area contributed by atoms with Crippen molar-refractivity contribution in [2.45, 2.75) is 19.3 Å². The molecule has 3 rings (SSSR count). The van der Waals surface area contributed by atoms with Crippen LogP contribution in [0.2, 0.25) is 0 Å². The normalized spacial score (nSPS) is 20.0. The van der Waals surface area contributed by atoms with Crippen LogP contribution in [0.3, 0.4) is 0 Å². The summed E-state index contributed by atoms with van der Waals surface area (Å²) in [6, 6.07) is 4.08. The predicted octanol–water partition coefficient (Wildman–Crippen LogP) is 1.28. The molecule has 0 radical (unpaired) electrons. The summed E-state index contributed by atoms with van der Waals surface area (Å²) in [6.45, 7) is 1.83. The van der Waals surface area contributed by atoms with Crippen LogP contribution in [0.1, 0.15) is 17.7 Å². The molecular formula is C13H17N3O3. The summed E-state index contributed by atoms with van der Waals surface area (Å²) in [5, 5.41) is 14.0. The van der Waals surface area contributed by atoms with Crippen molar-refractivity contribution < 1.29 is 9.66 Å². The number of hydrogen-bond donors (Lipinski definition) is 1. The standard InChI is InChI=1S/C13H17N3O3/c17-16(18)7-13(8-19-9-13)6-11-4-3-10-2-1-5-14-12(10)15-11/h3-4H,1-2,5-9H2,(H,14,15). The molecule has 1 fully saturated rings. The van der Waals surface area contributed by atoms with Gasteiger partial charge in [0.05, 0.1) is 18.6 Å². The van der Waals surface area contributed by atoms with Crippen molar-refractivity contribution in [1.82, 2.24) is 4.98 Å². The first-order valence-electron chi connectivity index (χ1n) is 6.59. The first-order valence-corrected chi connectivity index (χ1v) is 6.59. The van der Waals surface area contributed by atoms with E-state index in [1.165, 1.54) is 5.56 Å². The van der Waals surface area contributed by atoms with Gasteiger partial charge in [-0.05, 0) is 24.5 Å². The Morgan fingerprint density at radius 1 is 1.47 bits per heavy atom. The lowest BCUT2D eigenvalue weighted by atomic mass is 9.81. The molecule has 0 amide bonds. The largest absolute Gasteiger partial charge is 0.380 e. The van der Waals surface area contributed by atoms with Gasteiger partial charge < -0.3 is 10.1 Å². The van der Waals surface area contributed by atoms with Gasteiger partial charge in [-0.15, -0.1) is 0 Å². The maximum atomic E-state index is 10.7. The highest BCUT2D eigenvalue weighted by Gasteiger charge is 2.44. The number of ether oxygens (including phenoxy) is 1. The highest BCUT2D eigenvalue weighted by molar-refractivity contribution is 5.47. The lowest BCUT2D eigenvalue weighted by Gasteiger charge is -2.37. The van der Waals surface area contributed by atoms with Crippen LogP contribution >= 0.6 is 0 Å². The summed E-state index contributed by atoms with van der Waals surface area (Å²) < 4.78 is 5.18. The third-order valence-electron chi connectivity index (χ3n) is 3.79. The quantitative estimate of drug-likeness (QED) is 0.654. The van der Waals surface area contributed by atoms with Gasteiger partial charge in [0.25, 0.3) is 0 Å². The molecule has 1 saturated heterocycles. The number of fused-ring (bicyclic) bond motifs is 1. The zero-order chi connectivity index (χ0) is 13.3. The summed E-state index contributed by atoms with van der Waals surface area (Å²) in [5.74, 6) is 0.945. The molecule has 19 heavy (non-hydrogen) atoms. The maximum absolute atomic E-state index is 10.7. The molecule has 0 saturated carbocycles. The van der Waals surface area contributed by atoms with Crippen molar-refractivity contribution in [3.05, 3.63) is 33.5 Å². The topological polar surface area (TPSA) is 77.3 Å². The van der Waals surface area contributed by atoms with Crippen molar-refractivity contribution in [2.75, 3.05) is 31.6 Å². The van der Waals surface area contributed by atoms with Crippen molar-refractivity contribution >= 4 is 5.82 Å². The Kier molecular flexibility index (Phi) is 3.10. The first-order chi connectivity index (χ1) is 9.17. The van der Waals surface area contributed by atoms with Gasteiger partial charge in [0, 0.05) is 23.6 Å². The molecule has 1 aromatic rings. The van der Waals surface area contributed by atoms with Crippen LogP contribution in [0, 0.1) is 15.5 Å². The van der Waals surface area contributed by atoms with Crippen LogP contribution in [0.5, 0.6) is 0 Å². The average molecular weight is 263 g/mol. The molecule has 6 nitrogen and oxygen atoms in total. The fraction of sp³-hybridized carbons (Fsp3) is 0.615. The van der Waals surface area contributed by atoms with Gasteiger partial charge in [-0.3, -0.25) is 10.1 Å². The first kappa shape index (κ1) is 12.3. The van der Waals surface area contributed by atoms with Crippen LogP contribution < -0.4 is 5.32 Å². The lowest BCUT2D eigenvalue weighted by molar-refractivity contribution is -0.507. The molecule has 0 aliphatic carbocycles. The third kappa shape index (κ3) is 2.53. The molecule has 0 spiro atoms. The average Bonchev–Trinajstić information content (AvgIpc) is 2.35. The molecule has 102 valence electrons. The zero-order valence-electron chi connectivity index (χ0n) is 10.7. The summed E-state index contributed by atoms with van der Waals surface area (Å²) >= 11 is 0. The minimum Gasteiger partial charge on any atom is -0.380 e. The Labute approximate surface area is 111 Å². The summed E-state index contributed by atoms with van der Waals surface area (Å²) in [6.07, 6.45) is 2.80. The molecule has 0 aromatic carbocycles. The van der Waals surface area contributed by atoms with Crippen LogP contribution in [0.4, 0.5) is 5.82 Å². The molecule has 3 heterocycles. The van der Waals surface area contributed by atoms with Gasteiger partial charge in [0.15, 0.2) is 0 Å². The SMILES string of the molecule is O=[N+]([O-])CC1(Cc2ccc3c(n2)NCCC3)COC1. The molecule has 1 aromatic heterocycles. The van der Waals surface area contributed by atoms with E-state index in [1.807, 2.05) is 6.07 Å². The number of hydrogen-bond acceptors (Lipinski definition) is 5. The molecule has 0 bridgehead atoms. The summed E-state index contributed by atoms with van der Waals surface area (Å²) in [7, 11) is 0. The Hall–Kier alpha value is -1.69. The van der Waals surface area contributed by atoms with E-state index in [0.717, 1.165) is 30.9 Å². The Bertz CT molecular complexity index is 500. The lowest BCUT2D eigenvalue weighted by Crippen LogP contribution is -2.49. The molecule has 6 heteroatoms. The summed E-state index contributed by atoms with van der Waals surface area (Å²) in [4.78, 5) is 15.1. The van der Waals surface area contributed by atoms with Crippen molar-refractivity contribution in [2.24, 2.45) is 5.41 Å². The highest BCUT2D eigenvalue weighted by Crippen LogP contribution is 2.32. The van der Waals surface area contributed by atoms with Crippen molar-refractivity contribution in [1.29, 1.82) is 0 Å². The molecule has 0 atom stereocenters. The number of nitrogens with one attached hydrogen (secondary N) is 1. The highest BCUT2D eigenvalue weighted by atomic mass is 16.6. The number of aromatic nitrogens is 1. The van der Waals surface area contributed by atoms with Gasteiger partial charge in [-0.2, -0.15) is 0 Å². The Morgan fingerprint density at radius 3 is 3.00 bits per heavy atom. The molecule has 1 N–H and O–H groups in total. The second-order valence-corrected chi connectivity index (χ2v) is 5.50. The van der Waals surface area contributed by atoms with Crippen LogP contribution in [0.25, 0.3) is 0 Å². The number of nitro groups is 1. The minimum atomic E-state index is -0.362. The van der Waals surface area contributed by atoms with E-state index < -0.39 is 0 Å². The predicted molar refractivity (Wildman–Crippen MR) is 69.9 cm³/mol. The number of pyridine rings is 1. The zero-order valence-corrected chi connectivity index (χ0v) is 10.7. The van der Waals surface area contributed by atoms with E-state index in [-0.39, 0.29) is 16.9 Å². The molecular weight excluding hydrogens is 246 g/mol. The summed E-state index contributed by atoms with van der Waals surface area (Å²) in [5.41, 5.74) is 1.79. The van der Waals surface area contributed by atoms with E-state index in [1.54, 1.807) is 0 Å². The third-order valence-corrected chi connectivity index (χ3v) is 3.79. The van der Waals surface area contributed by atoms with E-state index in [0.29, 0.717) is 19.6 Å². The number of anilines is 1. The molecule has 0 unspecified atom stereocenters. The molecule has 2 aliphatic heterocycles. The van der Waals surface area contributed by atoms with Gasteiger partial charge >= 0.3 is 0 Å². The van der Waals surface area contributed by atoms with Gasteiger partial charge in [-0.25, -0.2) is 4.98 Å². The number of nitrogens with zero attached hydrogens (tertiary/aromatic N) is 2. The maximum Gasteiger partial charge on any atom is 0.214 e. The van der Waals surface area contributed by atoms with Crippen LogP contribution in [-0.4, -0.2) is 36.2 Å².